The van der Waals surface area contributed by atoms with Crippen LogP contribution in [0.1, 0.15) is 11.1 Å². The molecule has 0 fully saturated rings. The summed E-state index contributed by atoms with van der Waals surface area (Å²) >= 11 is 3.50. The number of hydrogen-bond donors (Lipinski definition) is 1. The van der Waals surface area contributed by atoms with Crippen LogP contribution in [0.25, 0.3) is 22.6 Å². The smallest absolute Gasteiger partial charge is 0.178 e. The molecule has 3 nitrogen and oxygen atoms in total. The summed E-state index contributed by atoms with van der Waals surface area (Å²) in [5.41, 5.74) is 5.13. The number of benzene rings is 1. The van der Waals surface area contributed by atoms with Gasteiger partial charge >= 0.3 is 0 Å². The molecule has 90 valence electrons. The van der Waals surface area contributed by atoms with E-state index in [1.54, 1.807) is 0 Å². The van der Waals surface area contributed by atoms with Crippen LogP contribution in [0.2, 0.25) is 0 Å². The Morgan fingerprint density at radius 1 is 1.17 bits per heavy atom. The summed E-state index contributed by atoms with van der Waals surface area (Å²) in [4.78, 5) is 12.1. The maximum absolute atomic E-state index is 4.51. The lowest BCUT2D eigenvalue weighted by Crippen LogP contribution is -1.83. The predicted molar refractivity (Wildman–Crippen MR) is 76.5 cm³/mol. The number of nitrogens with one attached hydrogen (secondary N) is 1. The van der Waals surface area contributed by atoms with Gasteiger partial charge in [0.1, 0.15) is 5.82 Å². The number of aromatic amines is 1. The van der Waals surface area contributed by atoms with E-state index in [-0.39, 0.29) is 0 Å². The monoisotopic (exact) mass is 301 g/mol. The van der Waals surface area contributed by atoms with Gasteiger partial charge in [0.25, 0.3) is 0 Å². The molecule has 1 aromatic carbocycles. The molecule has 0 saturated carbocycles. The van der Waals surface area contributed by atoms with Gasteiger partial charge in [-0.05, 0) is 43.2 Å². The number of halogens is 1. The van der Waals surface area contributed by atoms with Gasteiger partial charge < -0.3 is 4.98 Å². The Bertz CT molecular complexity index is 731. The Morgan fingerprint density at radius 2 is 2.00 bits per heavy atom. The number of pyridine rings is 1. The highest BCUT2D eigenvalue weighted by molar-refractivity contribution is 9.10. The van der Waals surface area contributed by atoms with Crippen molar-refractivity contribution < 1.29 is 0 Å². The van der Waals surface area contributed by atoms with Crippen molar-refractivity contribution in [2.24, 2.45) is 0 Å². The van der Waals surface area contributed by atoms with Crippen LogP contribution in [0.4, 0.5) is 0 Å². The van der Waals surface area contributed by atoms with Crippen LogP contribution in [0, 0.1) is 13.8 Å². The molecule has 3 rings (SSSR count). The molecule has 0 unspecified atom stereocenters. The first-order chi connectivity index (χ1) is 8.63. The van der Waals surface area contributed by atoms with Gasteiger partial charge in [-0.3, -0.25) is 0 Å². The van der Waals surface area contributed by atoms with Gasteiger partial charge in [-0.1, -0.05) is 22.0 Å². The SMILES string of the molecule is Cc1cnc2nc(-c3ccc(Br)c(C)c3)[nH]c2c1. The normalized spacial score (nSPS) is 11.1. The lowest BCUT2D eigenvalue weighted by atomic mass is 10.1. The fraction of sp³-hybridized carbons (Fsp3) is 0.143. The third-order valence-electron chi connectivity index (χ3n) is 2.91. The highest BCUT2D eigenvalue weighted by Crippen LogP contribution is 2.24. The zero-order chi connectivity index (χ0) is 12.7. The number of hydrogen-bond acceptors (Lipinski definition) is 2. The third kappa shape index (κ3) is 1.93. The summed E-state index contributed by atoms with van der Waals surface area (Å²) in [5, 5.41) is 0. The average molecular weight is 302 g/mol. The van der Waals surface area contributed by atoms with Crippen LogP contribution < -0.4 is 0 Å². The van der Waals surface area contributed by atoms with Crippen LogP contribution >= 0.6 is 15.9 Å². The molecule has 0 amide bonds. The molecule has 0 bridgehead atoms. The van der Waals surface area contributed by atoms with E-state index in [2.05, 4.69) is 49.9 Å². The van der Waals surface area contributed by atoms with Gasteiger partial charge in [-0.15, -0.1) is 0 Å². The van der Waals surface area contributed by atoms with Gasteiger partial charge in [0.05, 0.1) is 5.52 Å². The van der Waals surface area contributed by atoms with Gasteiger partial charge in [0.15, 0.2) is 5.65 Å². The van der Waals surface area contributed by atoms with E-state index in [0.717, 1.165) is 32.6 Å². The topological polar surface area (TPSA) is 41.6 Å². The largest absolute Gasteiger partial charge is 0.337 e. The molecule has 2 aromatic heterocycles. The van der Waals surface area contributed by atoms with E-state index >= 15 is 0 Å². The fourth-order valence-corrected chi connectivity index (χ4v) is 2.18. The Labute approximate surface area is 113 Å². The molecule has 0 spiro atoms. The van der Waals surface area contributed by atoms with Crippen LogP contribution in [-0.2, 0) is 0 Å². The minimum Gasteiger partial charge on any atom is -0.337 e. The van der Waals surface area contributed by atoms with Crippen LogP contribution in [0.5, 0.6) is 0 Å². The second kappa shape index (κ2) is 4.21. The minimum atomic E-state index is 0.760. The van der Waals surface area contributed by atoms with E-state index in [1.165, 1.54) is 5.56 Å². The summed E-state index contributed by atoms with van der Waals surface area (Å²) in [7, 11) is 0. The number of fused-ring (bicyclic) bond motifs is 1. The summed E-state index contributed by atoms with van der Waals surface area (Å²) in [6, 6.07) is 8.25. The standard InChI is InChI=1S/C14H12BrN3/c1-8-5-12-14(16-7-8)18-13(17-12)10-3-4-11(15)9(2)6-10/h3-7H,1-2H3,(H,16,17,18). The first-order valence-electron chi connectivity index (χ1n) is 5.72. The Balaban J connectivity index is 2.16. The summed E-state index contributed by atoms with van der Waals surface area (Å²) in [6.45, 7) is 4.09. The van der Waals surface area contributed by atoms with Gasteiger partial charge in [0.2, 0.25) is 0 Å². The van der Waals surface area contributed by atoms with Crippen LogP contribution in [0.3, 0.4) is 0 Å². The quantitative estimate of drug-likeness (QED) is 0.738. The summed E-state index contributed by atoms with van der Waals surface area (Å²) in [6.07, 6.45) is 1.83. The van der Waals surface area contributed by atoms with Crippen molar-refractivity contribution in [3.63, 3.8) is 0 Å². The Morgan fingerprint density at radius 3 is 2.78 bits per heavy atom. The predicted octanol–water partition coefficient (Wildman–Crippen LogP) is 4.00. The molecule has 2 heterocycles. The highest BCUT2D eigenvalue weighted by atomic mass is 79.9. The third-order valence-corrected chi connectivity index (χ3v) is 3.80. The number of nitrogens with zero attached hydrogens (tertiary/aromatic N) is 2. The zero-order valence-corrected chi connectivity index (χ0v) is 11.7. The maximum Gasteiger partial charge on any atom is 0.178 e. The van der Waals surface area contributed by atoms with E-state index in [4.69, 9.17) is 0 Å². The number of aromatic nitrogens is 3. The number of H-pyrrole nitrogens is 1. The lowest BCUT2D eigenvalue weighted by molar-refractivity contribution is 1.28. The first-order valence-corrected chi connectivity index (χ1v) is 6.52. The molecule has 0 aliphatic rings. The van der Waals surface area contributed by atoms with Crippen molar-refractivity contribution in [1.82, 2.24) is 15.0 Å². The van der Waals surface area contributed by atoms with E-state index in [9.17, 15) is 0 Å². The molecular formula is C14H12BrN3. The highest BCUT2D eigenvalue weighted by Gasteiger charge is 2.07. The number of rotatable bonds is 1. The summed E-state index contributed by atoms with van der Waals surface area (Å²) < 4.78 is 1.11. The maximum atomic E-state index is 4.51. The van der Waals surface area contributed by atoms with Crippen molar-refractivity contribution in [3.8, 4) is 11.4 Å². The molecular weight excluding hydrogens is 290 g/mol. The van der Waals surface area contributed by atoms with Crippen molar-refractivity contribution in [2.75, 3.05) is 0 Å². The van der Waals surface area contributed by atoms with E-state index in [0.29, 0.717) is 0 Å². The molecule has 0 aliphatic carbocycles. The Kier molecular flexibility index (Phi) is 2.67. The van der Waals surface area contributed by atoms with Gasteiger partial charge in [-0.2, -0.15) is 0 Å². The van der Waals surface area contributed by atoms with E-state index in [1.807, 2.05) is 25.3 Å². The second-order valence-corrected chi connectivity index (χ2v) is 5.29. The molecule has 4 heteroatoms. The molecule has 3 aromatic rings. The zero-order valence-electron chi connectivity index (χ0n) is 10.2. The van der Waals surface area contributed by atoms with Crippen LogP contribution in [0.15, 0.2) is 34.9 Å². The van der Waals surface area contributed by atoms with Crippen LogP contribution in [-0.4, -0.2) is 15.0 Å². The van der Waals surface area contributed by atoms with Crippen molar-refractivity contribution >= 4 is 27.1 Å². The van der Waals surface area contributed by atoms with E-state index < -0.39 is 0 Å². The summed E-state index contributed by atoms with van der Waals surface area (Å²) in [5.74, 6) is 0.860. The molecule has 0 aliphatic heterocycles. The van der Waals surface area contributed by atoms with Crippen molar-refractivity contribution in [3.05, 3.63) is 46.1 Å². The fourth-order valence-electron chi connectivity index (χ4n) is 1.93. The van der Waals surface area contributed by atoms with Gasteiger partial charge in [0, 0.05) is 16.2 Å². The minimum absolute atomic E-state index is 0.760. The average Bonchev–Trinajstić information content (AvgIpc) is 2.75. The number of imidazole rings is 1. The van der Waals surface area contributed by atoms with Crippen molar-refractivity contribution in [2.45, 2.75) is 13.8 Å². The van der Waals surface area contributed by atoms with Gasteiger partial charge in [-0.25, -0.2) is 9.97 Å². The molecule has 0 saturated heterocycles. The molecule has 0 radical (unpaired) electrons. The number of aryl methyl sites for hydroxylation is 2. The lowest BCUT2D eigenvalue weighted by Gasteiger charge is -2.00. The van der Waals surface area contributed by atoms with Crippen molar-refractivity contribution in [1.29, 1.82) is 0 Å². The first kappa shape index (κ1) is 11.4. The second-order valence-electron chi connectivity index (χ2n) is 4.43. The molecule has 1 N–H and O–H groups in total. The molecule has 0 atom stereocenters. The molecule has 18 heavy (non-hydrogen) atoms. The Hall–Kier alpha value is -1.68.